The van der Waals surface area contributed by atoms with Gasteiger partial charge in [0.2, 0.25) is 0 Å². The summed E-state index contributed by atoms with van der Waals surface area (Å²) in [4.78, 5) is 4.09. The van der Waals surface area contributed by atoms with Gasteiger partial charge in [-0.1, -0.05) is 34.8 Å². The van der Waals surface area contributed by atoms with Crippen molar-refractivity contribution in [2.75, 3.05) is 0 Å². The minimum atomic E-state index is 0.387. The van der Waals surface area contributed by atoms with Crippen LogP contribution >= 0.6 is 34.8 Å². The molecule has 0 aromatic carbocycles. The van der Waals surface area contributed by atoms with Crippen LogP contribution in [0, 0.1) is 13.8 Å². The molecule has 4 heteroatoms. The molecule has 0 amide bonds. The van der Waals surface area contributed by atoms with Gasteiger partial charge in [0.05, 0.1) is 26.5 Å². The minimum Gasteiger partial charge on any atom is -0.255 e. The zero-order valence-corrected chi connectivity index (χ0v) is 8.35. The van der Waals surface area contributed by atoms with E-state index >= 15 is 0 Å². The zero-order valence-electron chi connectivity index (χ0n) is 6.08. The van der Waals surface area contributed by atoms with Gasteiger partial charge in [0.1, 0.15) is 0 Å². The maximum absolute atomic E-state index is 5.78. The van der Waals surface area contributed by atoms with E-state index in [1.54, 1.807) is 13.8 Å². The second-order valence-corrected chi connectivity index (χ2v) is 3.36. The lowest BCUT2D eigenvalue weighted by Crippen LogP contribution is -1.89. The van der Waals surface area contributed by atoms with Crippen LogP contribution in [0.25, 0.3) is 0 Å². The Bertz CT molecular complexity index is 270. The van der Waals surface area contributed by atoms with Crippen LogP contribution in [0.15, 0.2) is 0 Å². The third kappa shape index (κ3) is 1.61. The van der Waals surface area contributed by atoms with Crippen LogP contribution in [0.5, 0.6) is 0 Å². The highest BCUT2D eigenvalue weighted by Crippen LogP contribution is 2.32. The van der Waals surface area contributed by atoms with E-state index in [4.69, 9.17) is 34.8 Å². The van der Waals surface area contributed by atoms with Gasteiger partial charge in [0, 0.05) is 0 Å². The fourth-order valence-corrected chi connectivity index (χ4v) is 1.36. The molecule has 1 nitrogen and oxygen atoms in total. The molecule has 0 fully saturated rings. The summed E-state index contributed by atoms with van der Waals surface area (Å²) < 4.78 is 0. The van der Waals surface area contributed by atoms with Gasteiger partial charge >= 0.3 is 0 Å². The largest absolute Gasteiger partial charge is 0.255 e. The summed E-state index contributed by atoms with van der Waals surface area (Å²) >= 11 is 17.3. The van der Waals surface area contributed by atoms with Crippen LogP contribution in [0.2, 0.25) is 15.1 Å². The van der Waals surface area contributed by atoms with Crippen LogP contribution < -0.4 is 0 Å². The molecule has 0 aliphatic rings. The van der Waals surface area contributed by atoms with Gasteiger partial charge in [-0.3, -0.25) is 4.98 Å². The van der Waals surface area contributed by atoms with Gasteiger partial charge in [0.15, 0.2) is 0 Å². The monoisotopic (exact) mass is 209 g/mol. The Kier molecular flexibility index (Phi) is 2.63. The number of nitrogens with zero attached hydrogens (tertiary/aromatic N) is 1. The number of pyridine rings is 1. The molecule has 0 atom stereocenters. The van der Waals surface area contributed by atoms with E-state index in [2.05, 4.69) is 4.98 Å². The molecule has 1 aromatic heterocycles. The summed E-state index contributed by atoms with van der Waals surface area (Å²) in [5.74, 6) is 0. The van der Waals surface area contributed by atoms with Crippen LogP contribution in [0.1, 0.15) is 11.4 Å². The van der Waals surface area contributed by atoms with Gasteiger partial charge < -0.3 is 0 Å². The Morgan fingerprint density at radius 1 is 0.818 bits per heavy atom. The third-order valence-corrected chi connectivity index (χ3v) is 2.85. The maximum Gasteiger partial charge on any atom is 0.0820 e. The van der Waals surface area contributed by atoms with E-state index in [1.165, 1.54) is 0 Å². The molecule has 0 spiro atoms. The third-order valence-electron chi connectivity index (χ3n) is 1.36. The molecular weight excluding hydrogens is 204 g/mol. The Balaban J connectivity index is 3.46. The van der Waals surface area contributed by atoms with Crippen LogP contribution in [-0.2, 0) is 0 Å². The van der Waals surface area contributed by atoms with E-state index in [0.29, 0.717) is 26.5 Å². The van der Waals surface area contributed by atoms with Crippen molar-refractivity contribution in [1.29, 1.82) is 0 Å². The van der Waals surface area contributed by atoms with E-state index in [0.717, 1.165) is 0 Å². The molecule has 0 aliphatic heterocycles. The van der Waals surface area contributed by atoms with Gasteiger partial charge in [-0.05, 0) is 13.8 Å². The highest BCUT2D eigenvalue weighted by molar-refractivity contribution is 6.48. The molecule has 11 heavy (non-hydrogen) atoms. The maximum atomic E-state index is 5.78. The van der Waals surface area contributed by atoms with E-state index in [1.807, 2.05) is 0 Å². The summed E-state index contributed by atoms with van der Waals surface area (Å²) in [5.41, 5.74) is 1.41. The van der Waals surface area contributed by atoms with Crippen molar-refractivity contribution in [3.63, 3.8) is 0 Å². The van der Waals surface area contributed by atoms with E-state index in [-0.39, 0.29) is 0 Å². The first-order chi connectivity index (χ1) is 5.04. The van der Waals surface area contributed by atoms with Crippen LogP contribution in [0.4, 0.5) is 0 Å². The highest BCUT2D eigenvalue weighted by atomic mass is 35.5. The van der Waals surface area contributed by atoms with E-state index in [9.17, 15) is 0 Å². The van der Waals surface area contributed by atoms with Crippen molar-refractivity contribution in [2.24, 2.45) is 0 Å². The quantitative estimate of drug-likeness (QED) is 0.637. The predicted octanol–water partition coefficient (Wildman–Crippen LogP) is 3.66. The van der Waals surface area contributed by atoms with E-state index < -0.39 is 0 Å². The van der Waals surface area contributed by atoms with Gasteiger partial charge in [0.25, 0.3) is 0 Å². The minimum absolute atomic E-state index is 0.387. The molecule has 0 aliphatic carbocycles. The molecule has 0 unspecified atom stereocenters. The number of aryl methyl sites for hydroxylation is 2. The fraction of sp³-hybridized carbons (Fsp3) is 0.286. The van der Waals surface area contributed by atoms with Crippen molar-refractivity contribution in [2.45, 2.75) is 13.8 Å². The first-order valence-corrected chi connectivity index (χ1v) is 4.15. The summed E-state index contributed by atoms with van der Waals surface area (Å²) in [6, 6.07) is 0. The molecule has 0 saturated heterocycles. The SMILES string of the molecule is Cc1nc(C)c(Cl)c(Cl)c1Cl. The number of hydrogen-bond acceptors (Lipinski definition) is 1. The molecule has 60 valence electrons. The van der Waals surface area contributed by atoms with Crippen LogP contribution in [-0.4, -0.2) is 4.98 Å². The molecule has 0 bridgehead atoms. The lowest BCUT2D eigenvalue weighted by atomic mass is 10.3. The van der Waals surface area contributed by atoms with Crippen molar-refractivity contribution < 1.29 is 0 Å². The molecule has 0 radical (unpaired) electrons. The molecule has 0 saturated carbocycles. The summed E-state index contributed by atoms with van der Waals surface area (Å²) in [7, 11) is 0. The number of aromatic nitrogens is 1. The number of halogens is 3. The molecule has 1 rings (SSSR count). The standard InChI is InChI=1S/C7H6Cl3N/c1-3-5(8)7(10)6(9)4(2)11-3/h1-2H3. The Hall–Kier alpha value is 0.0200. The Morgan fingerprint density at radius 3 is 1.55 bits per heavy atom. The summed E-state index contributed by atoms with van der Waals surface area (Å²) in [6.45, 7) is 3.58. The highest BCUT2D eigenvalue weighted by Gasteiger charge is 2.09. The number of hydrogen-bond donors (Lipinski definition) is 0. The van der Waals surface area contributed by atoms with Gasteiger partial charge in [-0.25, -0.2) is 0 Å². The molecule has 0 N–H and O–H groups in total. The lowest BCUT2D eigenvalue weighted by Gasteiger charge is -2.04. The zero-order chi connectivity index (χ0) is 8.59. The predicted molar refractivity (Wildman–Crippen MR) is 48.7 cm³/mol. The second kappa shape index (κ2) is 3.18. The Labute approximate surface area is 80.3 Å². The smallest absolute Gasteiger partial charge is 0.0820 e. The second-order valence-electron chi connectivity index (χ2n) is 2.22. The first-order valence-electron chi connectivity index (χ1n) is 3.01. The van der Waals surface area contributed by atoms with Gasteiger partial charge in [-0.2, -0.15) is 0 Å². The Morgan fingerprint density at radius 2 is 1.18 bits per heavy atom. The van der Waals surface area contributed by atoms with Gasteiger partial charge in [-0.15, -0.1) is 0 Å². The topological polar surface area (TPSA) is 12.9 Å². The van der Waals surface area contributed by atoms with Crippen LogP contribution in [0.3, 0.4) is 0 Å². The number of rotatable bonds is 0. The van der Waals surface area contributed by atoms with Crippen molar-refractivity contribution >= 4 is 34.8 Å². The van der Waals surface area contributed by atoms with Crippen molar-refractivity contribution in [1.82, 2.24) is 4.98 Å². The first kappa shape index (κ1) is 9.11. The molecule has 1 aromatic rings. The average molecular weight is 210 g/mol. The summed E-state index contributed by atoms with van der Waals surface area (Å²) in [5, 5.41) is 1.25. The van der Waals surface area contributed by atoms with Crippen molar-refractivity contribution in [3.05, 3.63) is 26.5 Å². The molecule has 1 heterocycles. The average Bonchev–Trinajstić information content (AvgIpc) is 1.97. The normalized spacial score (nSPS) is 10.3. The lowest BCUT2D eigenvalue weighted by molar-refractivity contribution is 1.12. The summed E-state index contributed by atoms with van der Waals surface area (Å²) in [6.07, 6.45) is 0. The fourth-order valence-electron chi connectivity index (χ4n) is 0.764. The van der Waals surface area contributed by atoms with Crippen molar-refractivity contribution in [3.8, 4) is 0 Å². The molecular formula is C7H6Cl3N.